The Labute approximate surface area is 150 Å². The van der Waals surface area contributed by atoms with E-state index in [-0.39, 0.29) is 5.41 Å². The summed E-state index contributed by atoms with van der Waals surface area (Å²) in [6.07, 6.45) is 0.771. The summed E-state index contributed by atoms with van der Waals surface area (Å²) >= 11 is 0. The van der Waals surface area contributed by atoms with Gasteiger partial charge in [-0.15, -0.1) is 0 Å². The molecule has 0 saturated carbocycles. The number of hydrogen-bond donors (Lipinski definition) is 1. The van der Waals surface area contributed by atoms with Crippen LogP contribution in [0.15, 0.2) is 42.5 Å². The van der Waals surface area contributed by atoms with Crippen molar-refractivity contribution in [2.45, 2.75) is 32.6 Å². The van der Waals surface area contributed by atoms with Crippen molar-refractivity contribution in [3.63, 3.8) is 0 Å². The fourth-order valence-electron chi connectivity index (χ4n) is 2.67. The molecule has 4 heteroatoms. The van der Waals surface area contributed by atoms with E-state index in [4.69, 9.17) is 19.9 Å². The van der Waals surface area contributed by atoms with E-state index < -0.39 is 0 Å². The van der Waals surface area contributed by atoms with E-state index in [0.29, 0.717) is 19.8 Å². The summed E-state index contributed by atoms with van der Waals surface area (Å²) in [5.74, 6) is 2.48. The molecular formula is C21H29NO3. The average Bonchev–Trinajstić information content (AvgIpc) is 2.59. The summed E-state index contributed by atoms with van der Waals surface area (Å²) in [7, 11) is 1.65. The Morgan fingerprint density at radius 1 is 0.920 bits per heavy atom. The zero-order valence-electron chi connectivity index (χ0n) is 15.7. The molecule has 0 atom stereocenters. The van der Waals surface area contributed by atoms with E-state index >= 15 is 0 Å². The summed E-state index contributed by atoms with van der Waals surface area (Å²) in [5, 5.41) is 0. The number of rotatable bonds is 8. The summed E-state index contributed by atoms with van der Waals surface area (Å²) < 4.78 is 17.2. The van der Waals surface area contributed by atoms with Gasteiger partial charge < -0.3 is 19.9 Å². The molecule has 0 aliphatic carbocycles. The van der Waals surface area contributed by atoms with Crippen LogP contribution in [0.1, 0.15) is 31.9 Å². The molecule has 0 saturated heterocycles. The van der Waals surface area contributed by atoms with Crippen molar-refractivity contribution in [2.75, 3.05) is 26.9 Å². The van der Waals surface area contributed by atoms with Crippen LogP contribution in [-0.2, 0) is 11.8 Å². The van der Waals surface area contributed by atoms with Gasteiger partial charge in [-0.25, -0.2) is 0 Å². The van der Waals surface area contributed by atoms with Gasteiger partial charge >= 0.3 is 0 Å². The highest BCUT2D eigenvalue weighted by atomic mass is 16.5. The van der Waals surface area contributed by atoms with E-state index in [1.165, 1.54) is 5.56 Å². The number of ether oxygens (including phenoxy) is 3. The van der Waals surface area contributed by atoms with Crippen LogP contribution in [0.25, 0.3) is 0 Å². The summed E-state index contributed by atoms with van der Waals surface area (Å²) in [4.78, 5) is 0. The fourth-order valence-corrected chi connectivity index (χ4v) is 2.67. The number of methoxy groups -OCH3 is 1. The Hall–Kier alpha value is -2.20. The van der Waals surface area contributed by atoms with E-state index in [2.05, 4.69) is 26.8 Å². The molecule has 0 radical (unpaired) electrons. The van der Waals surface area contributed by atoms with Gasteiger partial charge in [-0.2, -0.15) is 0 Å². The third kappa shape index (κ3) is 5.40. The van der Waals surface area contributed by atoms with Crippen molar-refractivity contribution in [1.82, 2.24) is 0 Å². The molecule has 2 aromatic rings. The van der Waals surface area contributed by atoms with Crippen molar-refractivity contribution in [1.29, 1.82) is 0 Å². The second kappa shape index (κ2) is 8.77. The van der Waals surface area contributed by atoms with E-state index in [0.717, 1.165) is 29.2 Å². The highest BCUT2D eigenvalue weighted by Gasteiger charge is 2.18. The van der Waals surface area contributed by atoms with Gasteiger partial charge in [0.2, 0.25) is 0 Å². The molecule has 0 aliphatic rings. The third-order valence-electron chi connectivity index (χ3n) is 3.98. The van der Waals surface area contributed by atoms with Crippen molar-refractivity contribution < 1.29 is 14.2 Å². The van der Waals surface area contributed by atoms with E-state index in [1.54, 1.807) is 7.11 Å². The Balaban J connectivity index is 1.98. The molecule has 0 heterocycles. The minimum Gasteiger partial charge on any atom is -0.497 e. The maximum absolute atomic E-state index is 5.96. The molecule has 0 bridgehead atoms. The molecule has 0 spiro atoms. The largest absolute Gasteiger partial charge is 0.497 e. The Kier molecular flexibility index (Phi) is 6.71. The third-order valence-corrected chi connectivity index (χ3v) is 3.98. The Morgan fingerprint density at radius 2 is 1.60 bits per heavy atom. The van der Waals surface area contributed by atoms with Crippen LogP contribution in [0.3, 0.4) is 0 Å². The van der Waals surface area contributed by atoms with Crippen LogP contribution in [0.4, 0.5) is 0 Å². The second-order valence-electron chi connectivity index (χ2n) is 6.96. The zero-order valence-corrected chi connectivity index (χ0v) is 15.7. The van der Waals surface area contributed by atoms with Crippen LogP contribution in [0.5, 0.6) is 17.2 Å². The first kappa shape index (κ1) is 19.1. The molecular weight excluding hydrogens is 314 g/mol. The molecule has 0 aromatic heterocycles. The number of benzene rings is 2. The van der Waals surface area contributed by atoms with Gasteiger partial charge in [-0.05, 0) is 41.6 Å². The fraction of sp³-hybridized carbons (Fsp3) is 0.429. The maximum atomic E-state index is 5.96. The van der Waals surface area contributed by atoms with Crippen LogP contribution >= 0.6 is 0 Å². The molecule has 2 rings (SSSR count). The predicted molar refractivity (Wildman–Crippen MR) is 102 cm³/mol. The van der Waals surface area contributed by atoms with Gasteiger partial charge in [0.25, 0.3) is 0 Å². The number of hydrogen-bond acceptors (Lipinski definition) is 4. The maximum Gasteiger partial charge on any atom is 0.126 e. The van der Waals surface area contributed by atoms with Crippen molar-refractivity contribution in [3.8, 4) is 17.2 Å². The van der Waals surface area contributed by atoms with E-state index in [9.17, 15) is 0 Å². The monoisotopic (exact) mass is 343 g/mol. The first-order valence-corrected chi connectivity index (χ1v) is 8.68. The molecule has 0 unspecified atom stereocenters. The lowest BCUT2D eigenvalue weighted by Crippen LogP contribution is -2.16. The standard InChI is InChI=1S/C21H29NO3/c1-21(2,3)18-7-5-6-8-19(18)24-13-14-25-20-15-17(23-4)10-9-16(20)11-12-22/h5-10,15H,11-14,22H2,1-4H3. The van der Waals surface area contributed by atoms with Gasteiger partial charge in [0, 0.05) is 6.07 Å². The van der Waals surface area contributed by atoms with Crippen molar-refractivity contribution in [3.05, 3.63) is 53.6 Å². The summed E-state index contributed by atoms with van der Waals surface area (Å²) in [6, 6.07) is 14.0. The van der Waals surface area contributed by atoms with Gasteiger partial charge in [0.05, 0.1) is 7.11 Å². The van der Waals surface area contributed by atoms with Crippen LogP contribution in [-0.4, -0.2) is 26.9 Å². The highest BCUT2D eigenvalue weighted by molar-refractivity contribution is 5.41. The first-order valence-electron chi connectivity index (χ1n) is 8.68. The van der Waals surface area contributed by atoms with E-state index in [1.807, 2.05) is 36.4 Å². The lowest BCUT2D eigenvalue weighted by molar-refractivity contribution is 0.212. The Morgan fingerprint density at radius 3 is 2.24 bits per heavy atom. The number of nitrogens with two attached hydrogens (primary N) is 1. The smallest absolute Gasteiger partial charge is 0.126 e. The van der Waals surface area contributed by atoms with Gasteiger partial charge in [-0.1, -0.05) is 45.0 Å². The van der Waals surface area contributed by atoms with Gasteiger partial charge in [0.15, 0.2) is 0 Å². The first-order chi connectivity index (χ1) is 12.0. The average molecular weight is 343 g/mol. The molecule has 0 aliphatic heterocycles. The predicted octanol–water partition coefficient (Wildman–Crippen LogP) is 3.95. The van der Waals surface area contributed by atoms with Crippen LogP contribution in [0.2, 0.25) is 0 Å². The van der Waals surface area contributed by atoms with Gasteiger partial charge in [0.1, 0.15) is 30.5 Å². The minimum absolute atomic E-state index is 0.0402. The molecule has 25 heavy (non-hydrogen) atoms. The van der Waals surface area contributed by atoms with Gasteiger partial charge in [-0.3, -0.25) is 0 Å². The van der Waals surface area contributed by atoms with Crippen LogP contribution < -0.4 is 19.9 Å². The quantitative estimate of drug-likeness (QED) is 0.737. The normalized spacial score (nSPS) is 11.2. The SMILES string of the molecule is COc1ccc(CCN)c(OCCOc2ccccc2C(C)(C)C)c1. The molecule has 2 N–H and O–H groups in total. The minimum atomic E-state index is 0.0402. The van der Waals surface area contributed by atoms with Crippen molar-refractivity contribution in [2.24, 2.45) is 5.73 Å². The summed E-state index contributed by atoms with van der Waals surface area (Å²) in [5.41, 5.74) is 7.99. The molecule has 0 amide bonds. The summed E-state index contributed by atoms with van der Waals surface area (Å²) in [6.45, 7) is 8.07. The lowest BCUT2D eigenvalue weighted by atomic mass is 9.86. The Bertz CT molecular complexity index is 677. The van der Waals surface area contributed by atoms with Crippen LogP contribution in [0, 0.1) is 0 Å². The highest BCUT2D eigenvalue weighted by Crippen LogP contribution is 2.31. The molecule has 0 fully saturated rings. The number of para-hydroxylation sites is 1. The molecule has 4 nitrogen and oxygen atoms in total. The lowest BCUT2D eigenvalue weighted by Gasteiger charge is -2.22. The topological polar surface area (TPSA) is 53.7 Å². The molecule has 136 valence electrons. The zero-order chi connectivity index (χ0) is 18.3. The van der Waals surface area contributed by atoms with Crippen molar-refractivity contribution >= 4 is 0 Å². The second-order valence-corrected chi connectivity index (χ2v) is 6.96. The molecule has 2 aromatic carbocycles.